The third-order valence-electron chi connectivity index (χ3n) is 5.77. The van der Waals surface area contributed by atoms with E-state index in [0.29, 0.717) is 5.11 Å². The Morgan fingerprint density at radius 1 is 0.839 bits per heavy atom. The SMILES string of the molecule is Cc1ccc(-n2cccc2[C@H]2[C@H](c3ccccn3)NC(=S)N2c2cccc(C)c2)cc1. The number of hydrogen-bond donors (Lipinski definition) is 1. The van der Waals surface area contributed by atoms with Crippen molar-refractivity contribution >= 4 is 23.0 Å². The zero-order valence-electron chi connectivity index (χ0n) is 17.6. The first-order valence-electron chi connectivity index (χ1n) is 10.4. The van der Waals surface area contributed by atoms with Gasteiger partial charge in [-0.1, -0.05) is 35.9 Å². The zero-order valence-corrected chi connectivity index (χ0v) is 18.4. The summed E-state index contributed by atoms with van der Waals surface area (Å²) in [6, 6.07) is 27.3. The maximum atomic E-state index is 5.85. The van der Waals surface area contributed by atoms with Gasteiger partial charge in [0.2, 0.25) is 0 Å². The van der Waals surface area contributed by atoms with Crippen molar-refractivity contribution in [2.75, 3.05) is 4.90 Å². The van der Waals surface area contributed by atoms with E-state index in [-0.39, 0.29) is 12.1 Å². The summed E-state index contributed by atoms with van der Waals surface area (Å²) in [7, 11) is 0. The second-order valence-electron chi connectivity index (χ2n) is 7.97. The number of aryl methyl sites for hydroxylation is 2. The van der Waals surface area contributed by atoms with Gasteiger partial charge < -0.3 is 14.8 Å². The van der Waals surface area contributed by atoms with Gasteiger partial charge in [-0.05, 0) is 80.2 Å². The fourth-order valence-electron chi connectivity index (χ4n) is 4.29. The number of hydrogen-bond acceptors (Lipinski definition) is 2. The van der Waals surface area contributed by atoms with Crippen molar-refractivity contribution in [1.29, 1.82) is 0 Å². The third-order valence-corrected chi connectivity index (χ3v) is 6.09. The highest BCUT2D eigenvalue weighted by molar-refractivity contribution is 7.80. The molecule has 2 atom stereocenters. The van der Waals surface area contributed by atoms with Crippen LogP contribution in [0.3, 0.4) is 0 Å². The van der Waals surface area contributed by atoms with Gasteiger partial charge in [-0.3, -0.25) is 4.98 Å². The molecule has 3 heterocycles. The minimum atomic E-state index is -0.0617. The van der Waals surface area contributed by atoms with E-state index in [1.807, 2.05) is 18.3 Å². The summed E-state index contributed by atoms with van der Waals surface area (Å²) in [5.74, 6) is 0. The van der Waals surface area contributed by atoms with Gasteiger partial charge in [-0.2, -0.15) is 0 Å². The van der Waals surface area contributed by atoms with E-state index in [4.69, 9.17) is 12.2 Å². The van der Waals surface area contributed by atoms with E-state index in [2.05, 4.69) is 107 Å². The van der Waals surface area contributed by atoms with Crippen molar-refractivity contribution in [3.63, 3.8) is 0 Å². The largest absolute Gasteiger partial charge is 0.351 e. The molecule has 1 fully saturated rings. The van der Waals surface area contributed by atoms with Crippen molar-refractivity contribution in [1.82, 2.24) is 14.9 Å². The fraction of sp³-hybridized carbons (Fsp3) is 0.154. The van der Waals surface area contributed by atoms with Crippen LogP contribution in [0.1, 0.15) is 34.6 Å². The zero-order chi connectivity index (χ0) is 21.4. The molecule has 5 heteroatoms. The van der Waals surface area contributed by atoms with E-state index < -0.39 is 0 Å². The Labute approximate surface area is 188 Å². The number of benzene rings is 2. The molecule has 0 aliphatic carbocycles. The lowest BCUT2D eigenvalue weighted by Crippen LogP contribution is -2.30. The van der Waals surface area contributed by atoms with Crippen LogP contribution in [0.5, 0.6) is 0 Å². The van der Waals surface area contributed by atoms with Crippen LogP contribution in [0, 0.1) is 13.8 Å². The smallest absolute Gasteiger partial charge is 0.174 e. The highest BCUT2D eigenvalue weighted by atomic mass is 32.1. The number of thiocarbonyl (C=S) groups is 1. The number of nitrogens with zero attached hydrogens (tertiary/aromatic N) is 3. The molecular formula is C26H24N4S. The van der Waals surface area contributed by atoms with Crippen LogP contribution in [-0.4, -0.2) is 14.7 Å². The molecule has 0 amide bonds. The van der Waals surface area contributed by atoms with Gasteiger partial charge in [0.25, 0.3) is 0 Å². The van der Waals surface area contributed by atoms with Crippen molar-refractivity contribution in [3.8, 4) is 5.69 Å². The average molecular weight is 425 g/mol. The van der Waals surface area contributed by atoms with Crippen LogP contribution in [0.25, 0.3) is 5.69 Å². The highest BCUT2D eigenvalue weighted by Crippen LogP contribution is 2.42. The summed E-state index contributed by atoms with van der Waals surface area (Å²) in [6.07, 6.45) is 3.96. The summed E-state index contributed by atoms with van der Waals surface area (Å²) in [5.41, 5.74) is 6.79. The van der Waals surface area contributed by atoms with Gasteiger partial charge in [-0.15, -0.1) is 0 Å². The molecule has 1 saturated heterocycles. The normalized spacial score (nSPS) is 18.3. The molecule has 4 nitrogen and oxygen atoms in total. The molecule has 1 aliphatic rings. The molecular weight excluding hydrogens is 400 g/mol. The van der Waals surface area contributed by atoms with Crippen LogP contribution < -0.4 is 10.2 Å². The summed E-state index contributed by atoms with van der Waals surface area (Å²) < 4.78 is 2.25. The predicted octanol–water partition coefficient (Wildman–Crippen LogP) is 5.67. The molecule has 0 radical (unpaired) electrons. The van der Waals surface area contributed by atoms with Crippen molar-refractivity contribution in [2.45, 2.75) is 25.9 Å². The summed E-state index contributed by atoms with van der Waals surface area (Å²) in [5, 5.41) is 4.26. The number of aromatic nitrogens is 2. The lowest BCUT2D eigenvalue weighted by atomic mass is 10.0. The molecule has 0 unspecified atom stereocenters. The monoisotopic (exact) mass is 424 g/mol. The summed E-state index contributed by atoms with van der Waals surface area (Å²) in [4.78, 5) is 6.88. The maximum Gasteiger partial charge on any atom is 0.174 e. The first-order chi connectivity index (χ1) is 15.1. The minimum absolute atomic E-state index is 0.0412. The van der Waals surface area contributed by atoms with Crippen LogP contribution >= 0.6 is 12.2 Å². The van der Waals surface area contributed by atoms with Crippen molar-refractivity contribution in [3.05, 3.63) is 114 Å². The van der Waals surface area contributed by atoms with Gasteiger partial charge in [0.15, 0.2) is 5.11 Å². The molecule has 4 aromatic rings. The minimum Gasteiger partial charge on any atom is -0.351 e. The summed E-state index contributed by atoms with van der Waals surface area (Å²) in [6.45, 7) is 4.21. The average Bonchev–Trinajstić information content (AvgIpc) is 3.39. The molecule has 0 spiro atoms. The Morgan fingerprint density at radius 3 is 2.42 bits per heavy atom. The van der Waals surface area contributed by atoms with Gasteiger partial charge in [0, 0.05) is 29.5 Å². The number of pyridine rings is 1. The number of anilines is 1. The summed E-state index contributed by atoms with van der Waals surface area (Å²) >= 11 is 5.85. The lowest BCUT2D eigenvalue weighted by Gasteiger charge is -2.29. The molecule has 31 heavy (non-hydrogen) atoms. The first-order valence-corrected chi connectivity index (χ1v) is 10.8. The lowest BCUT2D eigenvalue weighted by molar-refractivity contribution is 0.549. The Kier molecular flexibility index (Phi) is 5.04. The van der Waals surface area contributed by atoms with E-state index in [9.17, 15) is 0 Å². The van der Waals surface area contributed by atoms with Crippen molar-refractivity contribution in [2.24, 2.45) is 0 Å². The molecule has 0 saturated carbocycles. The Hall–Kier alpha value is -3.44. The van der Waals surface area contributed by atoms with Crippen molar-refractivity contribution < 1.29 is 0 Å². The molecule has 1 aliphatic heterocycles. The van der Waals surface area contributed by atoms with Crippen LogP contribution in [0.2, 0.25) is 0 Å². The second kappa shape index (κ2) is 8.00. The van der Waals surface area contributed by atoms with Gasteiger partial charge in [0.05, 0.1) is 11.7 Å². The maximum absolute atomic E-state index is 5.85. The van der Waals surface area contributed by atoms with Gasteiger partial charge in [-0.25, -0.2) is 0 Å². The number of nitrogens with one attached hydrogen (secondary N) is 1. The highest BCUT2D eigenvalue weighted by Gasteiger charge is 2.42. The van der Waals surface area contributed by atoms with Gasteiger partial charge in [0.1, 0.15) is 6.04 Å². The van der Waals surface area contributed by atoms with E-state index >= 15 is 0 Å². The van der Waals surface area contributed by atoms with Crippen LogP contribution in [0.4, 0.5) is 5.69 Å². The van der Waals surface area contributed by atoms with E-state index in [1.165, 1.54) is 11.1 Å². The standard InChI is InChI=1S/C26H24N4S/c1-18-11-13-20(14-12-18)29-16-6-10-23(29)25-24(22-9-3-4-15-27-22)28-26(31)30(25)21-8-5-7-19(2)17-21/h3-17,24-25H,1-2H3,(H,28,31)/t24-,25-/m0/s1. The molecule has 2 aromatic carbocycles. The van der Waals surface area contributed by atoms with E-state index in [0.717, 1.165) is 22.8 Å². The third kappa shape index (κ3) is 3.62. The van der Waals surface area contributed by atoms with Crippen LogP contribution in [0.15, 0.2) is 91.3 Å². The Morgan fingerprint density at radius 2 is 1.68 bits per heavy atom. The van der Waals surface area contributed by atoms with Crippen LogP contribution in [-0.2, 0) is 0 Å². The first kappa shape index (κ1) is 19.5. The topological polar surface area (TPSA) is 33.1 Å². The molecule has 1 N–H and O–H groups in total. The molecule has 0 bridgehead atoms. The molecule has 154 valence electrons. The second-order valence-corrected chi connectivity index (χ2v) is 8.36. The quantitative estimate of drug-likeness (QED) is 0.428. The predicted molar refractivity (Wildman–Crippen MR) is 130 cm³/mol. The fourth-order valence-corrected chi connectivity index (χ4v) is 4.63. The van der Waals surface area contributed by atoms with Gasteiger partial charge >= 0.3 is 0 Å². The Balaban J connectivity index is 1.67. The van der Waals surface area contributed by atoms with E-state index in [1.54, 1.807) is 0 Å². The molecule has 2 aromatic heterocycles. The molecule has 5 rings (SSSR count). The number of rotatable bonds is 4. The Bertz CT molecular complexity index is 1210.